The summed E-state index contributed by atoms with van der Waals surface area (Å²) in [4.78, 5) is 30.0. The summed E-state index contributed by atoms with van der Waals surface area (Å²) in [5.74, 6) is 0.895. The molecule has 6 rings (SSSR count). The van der Waals surface area contributed by atoms with Gasteiger partial charge in [-0.1, -0.05) is 30.3 Å². The van der Waals surface area contributed by atoms with Gasteiger partial charge in [0.15, 0.2) is 5.82 Å². The molecule has 1 saturated heterocycles. The smallest absolute Gasteiger partial charge is 0.266 e. The average molecular weight is 533 g/mol. The molecule has 0 saturated carbocycles. The predicted octanol–water partition coefficient (Wildman–Crippen LogP) is 3.83. The summed E-state index contributed by atoms with van der Waals surface area (Å²) in [6, 6.07) is 16.9. The van der Waals surface area contributed by atoms with Crippen molar-refractivity contribution in [1.82, 2.24) is 29.3 Å². The van der Waals surface area contributed by atoms with Crippen LogP contribution in [-0.4, -0.2) is 35.3 Å². The lowest BCUT2D eigenvalue weighted by Crippen LogP contribution is -2.36. The van der Waals surface area contributed by atoms with Crippen molar-refractivity contribution in [3.05, 3.63) is 82.7 Å². The number of hydrogen-bond acceptors (Lipinski definition) is 9. The second-order valence-electron chi connectivity index (χ2n) is 9.86. The van der Waals surface area contributed by atoms with Gasteiger partial charge in [0.05, 0.1) is 28.8 Å². The maximum Gasteiger partial charge on any atom is 0.266 e. The number of rotatable bonds is 5. The van der Waals surface area contributed by atoms with Gasteiger partial charge in [-0.05, 0) is 50.5 Å². The van der Waals surface area contributed by atoms with E-state index in [9.17, 15) is 10.1 Å². The van der Waals surface area contributed by atoms with E-state index in [0.717, 1.165) is 24.1 Å². The molecule has 2 atom stereocenters. The number of para-hydroxylation sites is 1. The number of nitrogens with zero attached hydrogens (tertiary/aromatic N) is 8. The Hall–Kier alpha value is -5.24. The number of nitriles is 1. The topological polar surface area (TPSA) is 158 Å². The lowest BCUT2D eigenvalue weighted by molar-refractivity contribution is 0.615. The third-order valence-corrected chi connectivity index (χ3v) is 7.46. The van der Waals surface area contributed by atoms with E-state index >= 15 is 0 Å². The number of anilines is 3. The first kappa shape index (κ1) is 25.1. The fraction of sp³-hybridized carbons (Fsp3) is 0.241. The Bertz CT molecular complexity index is 1840. The number of nitrogen functional groups attached to an aromatic ring is 2. The van der Waals surface area contributed by atoms with Crippen LogP contribution < -0.4 is 21.9 Å². The van der Waals surface area contributed by atoms with Crippen molar-refractivity contribution in [2.75, 3.05) is 16.4 Å². The number of nitrogens with two attached hydrogens (primary N) is 2. The van der Waals surface area contributed by atoms with Crippen LogP contribution in [0.4, 0.5) is 17.6 Å². The van der Waals surface area contributed by atoms with Gasteiger partial charge in [-0.15, -0.1) is 0 Å². The Balaban J connectivity index is 1.63. The Labute approximate surface area is 230 Å². The maximum atomic E-state index is 14.5. The van der Waals surface area contributed by atoms with Crippen LogP contribution in [0, 0.1) is 11.3 Å². The van der Waals surface area contributed by atoms with Gasteiger partial charge in [0, 0.05) is 24.3 Å². The minimum absolute atomic E-state index is 0.0196. The largest absolute Gasteiger partial charge is 0.382 e. The first-order valence-electron chi connectivity index (χ1n) is 13.2. The number of aromatic nitrogens is 6. The lowest BCUT2D eigenvalue weighted by atomic mass is 10.0. The molecule has 1 fully saturated rings. The normalized spacial score (nSPS) is 16.9. The Morgan fingerprint density at radius 1 is 1.05 bits per heavy atom. The molecule has 0 amide bonds. The van der Waals surface area contributed by atoms with Gasteiger partial charge in [0.25, 0.3) is 5.56 Å². The highest BCUT2D eigenvalue weighted by Crippen LogP contribution is 2.41. The van der Waals surface area contributed by atoms with E-state index in [1.165, 1.54) is 0 Å². The molecule has 5 aromatic rings. The SMILES string of the molecule is CCn1cc(-c2cccc3nc([C@@H]4CC[C@H](C)N4c4nc(N)nc(N)c4C#N)n(-c4ccccc4)c(=O)c23)cn1. The van der Waals surface area contributed by atoms with Crippen molar-refractivity contribution in [2.24, 2.45) is 0 Å². The Kier molecular flexibility index (Phi) is 6.15. The van der Waals surface area contributed by atoms with E-state index < -0.39 is 0 Å². The van der Waals surface area contributed by atoms with E-state index in [-0.39, 0.29) is 35.0 Å². The molecular weight excluding hydrogens is 504 g/mol. The van der Waals surface area contributed by atoms with E-state index in [1.54, 1.807) is 10.8 Å². The molecule has 11 heteroatoms. The van der Waals surface area contributed by atoms with E-state index in [0.29, 0.717) is 34.7 Å². The summed E-state index contributed by atoms with van der Waals surface area (Å²) in [5.41, 5.74) is 14.9. The van der Waals surface area contributed by atoms with Gasteiger partial charge in [0.2, 0.25) is 5.95 Å². The molecule has 0 spiro atoms. The molecule has 1 aliphatic heterocycles. The first-order chi connectivity index (χ1) is 19.4. The number of aryl methyl sites for hydroxylation is 1. The van der Waals surface area contributed by atoms with Crippen LogP contribution in [0.1, 0.15) is 44.1 Å². The summed E-state index contributed by atoms with van der Waals surface area (Å²) >= 11 is 0. The maximum absolute atomic E-state index is 14.5. The van der Waals surface area contributed by atoms with Crippen LogP contribution in [0.25, 0.3) is 27.7 Å². The van der Waals surface area contributed by atoms with Gasteiger partial charge in [0.1, 0.15) is 23.3 Å². The van der Waals surface area contributed by atoms with Crippen LogP contribution in [-0.2, 0) is 6.54 Å². The van der Waals surface area contributed by atoms with Crippen molar-refractivity contribution < 1.29 is 0 Å². The van der Waals surface area contributed by atoms with Crippen LogP contribution >= 0.6 is 0 Å². The van der Waals surface area contributed by atoms with Gasteiger partial charge in [-0.2, -0.15) is 20.3 Å². The third kappa shape index (κ3) is 4.01. The molecule has 0 bridgehead atoms. The van der Waals surface area contributed by atoms with Crippen molar-refractivity contribution in [3.63, 3.8) is 0 Å². The summed E-state index contributed by atoms with van der Waals surface area (Å²) in [6.45, 7) is 4.78. The molecule has 11 nitrogen and oxygen atoms in total. The molecule has 0 radical (unpaired) electrons. The van der Waals surface area contributed by atoms with Gasteiger partial charge >= 0.3 is 0 Å². The minimum Gasteiger partial charge on any atom is -0.382 e. The van der Waals surface area contributed by atoms with Crippen LogP contribution in [0.2, 0.25) is 0 Å². The summed E-state index contributed by atoms with van der Waals surface area (Å²) < 4.78 is 3.50. The second kappa shape index (κ2) is 9.81. The number of hydrogen-bond donors (Lipinski definition) is 2. The Morgan fingerprint density at radius 3 is 2.58 bits per heavy atom. The molecule has 40 heavy (non-hydrogen) atoms. The molecule has 0 unspecified atom stereocenters. The summed E-state index contributed by atoms with van der Waals surface area (Å²) in [6.07, 6.45) is 5.18. The first-order valence-corrected chi connectivity index (χ1v) is 13.2. The third-order valence-electron chi connectivity index (χ3n) is 7.46. The van der Waals surface area contributed by atoms with Gasteiger partial charge < -0.3 is 16.4 Å². The van der Waals surface area contributed by atoms with Crippen LogP contribution in [0.5, 0.6) is 0 Å². The molecule has 4 N–H and O–H groups in total. The van der Waals surface area contributed by atoms with Crippen LogP contribution in [0.15, 0.2) is 65.7 Å². The molecule has 4 heterocycles. The van der Waals surface area contributed by atoms with Gasteiger partial charge in [-0.25, -0.2) is 4.98 Å². The van der Waals surface area contributed by atoms with Crippen molar-refractivity contribution in [3.8, 4) is 22.9 Å². The molecule has 3 aromatic heterocycles. The minimum atomic E-state index is -0.375. The molecule has 200 valence electrons. The quantitative estimate of drug-likeness (QED) is 0.343. The number of fused-ring (bicyclic) bond motifs is 1. The summed E-state index contributed by atoms with van der Waals surface area (Å²) in [5, 5.41) is 14.8. The zero-order valence-electron chi connectivity index (χ0n) is 22.2. The molecule has 1 aliphatic rings. The zero-order valence-corrected chi connectivity index (χ0v) is 22.2. The van der Waals surface area contributed by atoms with Crippen LogP contribution in [0.3, 0.4) is 0 Å². The van der Waals surface area contributed by atoms with Gasteiger partial charge in [-0.3, -0.25) is 14.0 Å². The van der Waals surface area contributed by atoms with E-state index in [4.69, 9.17) is 16.5 Å². The van der Waals surface area contributed by atoms with E-state index in [2.05, 4.69) is 21.1 Å². The molecule has 2 aromatic carbocycles. The van der Waals surface area contributed by atoms with Crippen molar-refractivity contribution >= 4 is 28.5 Å². The molecular formula is C29H28N10O. The predicted molar refractivity (Wildman–Crippen MR) is 154 cm³/mol. The molecule has 0 aliphatic carbocycles. The second-order valence-corrected chi connectivity index (χ2v) is 9.86. The van der Waals surface area contributed by atoms with E-state index in [1.807, 2.05) is 78.2 Å². The lowest BCUT2D eigenvalue weighted by Gasteiger charge is -2.31. The Morgan fingerprint density at radius 2 is 1.85 bits per heavy atom. The summed E-state index contributed by atoms with van der Waals surface area (Å²) in [7, 11) is 0. The fourth-order valence-corrected chi connectivity index (χ4v) is 5.59. The highest BCUT2D eigenvalue weighted by atomic mass is 16.1. The standard InChI is InChI=1S/C29H28N10O/c1-3-37-16-18(15-33-37)20-10-7-11-22-24(20)28(40)39(19-8-5-4-6-9-19)27(34-22)23-13-12-17(2)38(23)26-21(14-30)25(31)35-29(32)36-26/h4-11,15-17,23H,3,12-13H2,1-2H3,(H4,31,32,35,36)/t17-,23-/m0/s1. The highest BCUT2D eigenvalue weighted by molar-refractivity contribution is 5.94. The average Bonchev–Trinajstić information content (AvgIpc) is 3.59. The zero-order chi connectivity index (χ0) is 28.0. The van der Waals surface area contributed by atoms with Crippen molar-refractivity contribution in [1.29, 1.82) is 5.26 Å². The highest BCUT2D eigenvalue weighted by Gasteiger charge is 2.38. The fourth-order valence-electron chi connectivity index (χ4n) is 5.59. The monoisotopic (exact) mass is 532 g/mol. The number of benzene rings is 2. The van der Waals surface area contributed by atoms with Crippen molar-refractivity contribution in [2.45, 2.75) is 45.3 Å².